The summed E-state index contributed by atoms with van der Waals surface area (Å²) < 4.78 is 2.59. The van der Waals surface area contributed by atoms with Crippen molar-refractivity contribution in [1.82, 2.24) is 15.2 Å². The molecule has 3 aromatic rings. The fourth-order valence-corrected chi connectivity index (χ4v) is 3.03. The van der Waals surface area contributed by atoms with Crippen molar-refractivity contribution in [1.29, 1.82) is 0 Å². The number of carbonyl (C=O) groups excluding carboxylic acids is 1. The number of carbonyl (C=O) groups is 1. The molecule has 6 heteroatoms. The van der Waals surface area contributed by atoms with Crippen LogP contribution in [0.2, 0.25) is 0 Å². The summed E-state index contributed by atoms with van der Waals surface area (Å²) in [5, 5.41) is 10.9. The number of fused-ring (bicyclic) bond motifs is 1. The minimum atomic E-state index is -0.210. The molecule has 5 nitrogen and oxygen atoms in total. The Morgan fingerprint density at radius 2 is 1.92 bits per heavy atom. The molecule has 1 aromatic heterocycles. The Labute approximate surface area is 154 Å². The van der Waals surface area contributed by atoms with E-state index in [1.54, 1.807) is 4.68 Å². The molecule has 1 amide bonds. The molecule has 0 bridgehead atoms. The van der Waals surface area contributed by atoms with Crippen LogP contribution < -0.4 is 5.43 Å². The Morgan fingerprint density at radius 3 is 2.64 bits per heavy atom. The summed E-state index contributed by atoms with van der Waals surface area (Å²) in [6, 6.07) is 14.2. The summed E-state index contributed by atoms with van der Waals surface area (Å²) >= 11 is 3.46. The van der Waals surface area contributed by atoms with Crippen molar-refractivity contribution < 1.29 is 4.79 Å². The van der Waals surface area contributed by atoms with E-state index >= 15 is 0 Å². The third-order valence-corrected chi connectivity index (χ3v) is 5.26. The Balaban J connectivity index is 1.76. The predicted molar refractivity (Wildman–Crippen MR) is 104 cm³/mol. The summed E-state index contributed by atoms with van der Waals surface area (Å²) in [6.45, 7) is 5.84. The van der Waals surface area contributed by atoms with Gasteiger partial charge in [-0.1, -0.05) is 42.5 Å². The van der Waals surface area contributed by atoms with Gasteiger partial charge in [-0.3, -0.25) is 9.48 Å². The van der Waals surface area contributed by atoms with E-state index in [4.69, 9.17) is 0 Å². The van der Waals surface area contributed by atoms with E-state index in [2.05, 4.69) is 49.8 Å². The normalized spacial score (nSPS) is 11.8. The third-order valence-electron chi connectivity index (χ3n) is 4.11. The van der Waals surface area contributed by atoms with Gasteiger partial charge < -0.3 is 0 Å². The summed E-state index contributed by atoms with van der Waals surface area (Å²) in [5.41, 5.74) is 6.17. The smallest absolute Gasteiger partial charge is 0.261 e. The number of halogens is 1. The van der Waals surface area contributed by atoms with Gasteiger partial charge in [-0.15, -0.1) is 0 Å². The maximum absolute atomic E-state index is 12.2. The number of rotatable bonds is 4. The summed E-state index contributed by atoms with van der Waals surface area (Å²) in [6.07, 6.45) is 0. The van der Waals surface area contributed by atoms with E-state index in [0.717, 1.165) is 37.9 Å². The average molecular weight is 399 g/mol. The molecule has 0 radical (unpaired) electrons. The van der Waals surface area contributed by atoms with Crippen LogP contribution in [0.4, 0.5) is 0 Å². The number of hydrogen-bond donors (Lipinski definition) is 1. The molecule has 0 unspecified atom stereocenters. The van der Waals surface area contributed by atoms with Crippen LogP contribution in [0, 0.1) is 13.8 Å². The lowest BCUT2D eigenvalue weighted by Crippen LogP contribution is -2.25. The second kappa shape index (κ2) is 7.19. The van der Waals surface area contributed by atoms with E-state index < -0.39 is 0 Å². The van der Waals surface area contributed by atoms with Gasteiger partial charge in [-0.25, -0.2) is 5.43 Å². The Bertz CT molecular complexity index is 969. The first kappa shape index (κ1) is 17.4. The Kier molecular flexibility index (Phi) is 4.99. The zero-order valence-electron chi connectivity index (χ0n) is 14.4. The van der Waals surface area contributed by atoms with Crippen LogP contribution in [0.3, 0.4) is 0 Å². The standard InChI is InChI=1S/C19H19BrN4O/c1-12(16-10-6-8-15-7-4-5-9-17(15)16)21-22-18(25)11-24-14(3)19(20)13(2)23-24/h4-10H,11H2,1-3H3,(H,22,25). The van der Waals surface area contributed by atoms with Gasteiger partial charge in [-0.2, -0.15) is 10.2 Å². The molecule has 1 N–H and O–H groups in total. The zero-order chi connectivity index (χ0) is 18.0. The van der Waals surface area contributed by atoms with E-state index in [0.29, 0.717) is 0 Å². The van der Waals surface area contributed by atoms with E-state index in [-0.39, 0.29) is 12.5 Å². The van der Waals surface area contributed by atoms with Crippen molar-refractivity contribution in [2.45, 2.75) is 27.3 Å². The highest BCUT2D eigenvalue weighted by atomic mass is 79.9. The van der Waals surface area contributed by atoms with E-state index in [9.17, 15) is 4.79 Å². The van der Waals surface area contributed by atoms with Gasteiger partial charge >= 0.3 is 0 Å². The average Bonchev–Trinajstić information content (AvgIpc) is 2.86. The molecule has 0 atom stereocenters. The number of aromatic nitrogens is 2. The van der Waals surface area contributed by atoms with Crippen LogP contribution in [0.15, 0.2) is 52.0 Å². The number of hydrogen-bond acceptors (Lipinski definition) is 3. The molecule has 0 aliphatic carbocycles. The first-order valence-corrected chi connectivity index (χ1v) is 8.77. The molecule has 25 heavy (non-hydrogen) atoms. The van der Waals surface area contributed by atoms with Gasteiger partial charge in [-0.05, 0) is 47.5 Å². The minimum Gasteiger partial charge on any atom is -0.271 e. The number of benzene rings is 2. The van der Waals surface area contributed by atoms with Crippen molar-refractivity contribution >= 4 is 38.3 Å². The monoisotopic (exact) mass is 398 g/mol. The Morgan fingerprint density at radius 1 is 1.20 bits per heavy atom. The molecule has 3 rings (SSSR count). The van der Waals surface area contributed by atoms with E-state index in [1.165, 1.54) is 0 Å². The lowest BCUT2D eigenvalue weighted by atomic mass is 10.0. The number of amides is 1. The quantitative estimate of drug-likeness (QED) is 0.534. The highest BCUT2D eigenvalue weighted by molar-refractivity contribution is 9.10. The maximum Gasteiger partial charge on any atom is 0.261 e. The van der Waals surface area contributed by atoms with Crippen LogP contribution in [0.1, 0.15) is 23.9 Å². The van der Waals surface area contributed by atoms with Crippen LogP contribution in [-0.2, 0) is 11.3 Å². The van der Waals surface area contributed by atoms with Crippen molar-refractivity contribution in [3.8, 4) is 0 Å². The second-order valence-corrected chi connectivity index (χ2v) is 6.69. The van der Waals surface area contributed by atoms with Gasteiger partial charge in [0.1, 0.15) is 6.54 Å². The van der Waals surface area contributed by atoms with Crippen LogP contribution >= 0.6 is 15.9 Å². The molecule has 0 aliphatic heterocycles. The fourth-order valence-electron chi connectivity index (χ4n) is 2.75. The largest absolute Gasteiger partial charge is 0.271 e. The first-order valence-electron chi connectivity index (χ1n) is 7.98. The van der Waals surface area contributed by atoms with Crippen molar-refractivity contribution in [2.24, 2.45) is 5.10 Å². The molecule has 0 spiro atoms. The topological polar surface area (TPSA) is 59.3 Å². The van der Waals surface area contributed by atoms with Gasteiger partial charge in [0.05, 0.1) is 21.6 Å². The Hall–Kier alpha value is -2.47. The molecule has 2 aromatic carbocycles. The molecular weight excluding hydrogens is 380 g/mol. The SMILES string of the molecule is CC(=NNC(=O)Cn1nc(C)c(Br)c1C)c1cccc2ccccc12. The highest BCUT2D eigenvalue weighted by Gasteiger charge is 2.12. The summed E-state index contributed by atoms with van der Waals surface area (Å²) in [7, 11) is 0. The molecule has 0 saturated carbocycles. The zero-order valence-corrected chi connectivity index (χ0v) is 16.0. The lowest BCUT2D eigenvalue weighted by Gasteiger charge is -2.07. The minimum absolute atomic E-state index is 0.130. The van der Waals surface area contributed by atoms with Crippen LogP contribution in [0.25, 0.3) is 10.8 Å². The highest BCUT2D eigenvalue weighted by Crippen LogP contribution is 2.20. The van der Waals surface area contributed by atoms with Gasteiger partial charge in [0.2, 0.25) is 0 Å². The van der Waals surface area contributed by atoms with Crippen molar-refractivity contribution in [3.05, 3.63) is 63.9 Å². The lowest BCUT2D eigenvalue weighted by molar-refractivity contribution is -0.121. The molecule has 0 saturated heterocycles. The number of aryl methyl sites for hydroxylation is 1. The van der Waals surface area contributed by atoms with Crippen molar-refractivity contribution in [2.75, 3.05) is 0 Å². The number of nitrogens with zero attached hydrogens (tertiary/aromatic N) is 3. The van der Waals surface area contributed by atoms with Crippen LogP contribution in [-0.4, -0.2) is 21.4 Å². The van der Waals surface area contributed by atoms with Crippen molar-refractivity contribution in [3.63, 3.8) is 0 Å². The molecule has 0 fully saturated rings. The fraction of sp³-hybridized carbons (Fsp3) is 0.211. The van der Waals surface area contributed by atoms with Crippen LogP contribution in [0.5, 0.6) is 0 Å². The number of nitrogens with one attached hydrogen (secondary N) is 1. The molecule has 1 heterocycles. The third kappa shape index (κ3) is 3.64. The van der Waals surface area contributed by atoms with Gasteiger partial charge in [0.25, 0.3) is 5.91 Å². The van der Waals surface area contributed by atoms with E-state index in [1.807, 2.05) is 45.0 Å². The molecular formula is C19H19BrN4O. The molecule has 128 valence electrons. The second-order valence-electron chi connectivity index (χ2n) is 5.90. The van der Waals surface area contributed by atoms with Gasteiger partial charge in [0.15, 0.2) is 0 Å². The van der Waals surface area contributed by atoms with Gasteiger partial charge in [0, 0.05) is 5.56 Å². The summed E-state index contributed by atoms with van der Waals surface area (Å²) in [5.74, 6) is -0.210. The summed E-state index contributed by atoms with van der Waals surface area (Å²) in [4.78, 5) is 12.2. The first-order chi connectivity index (χ1) is 12.0. The number of hydrazone groups is 1. The predicted octanol–water partition coefficient (Wildman–Crippen LogP) is 3.96. The maximum atomic E-state index is 12.2. The molecule has 0 aliphatic rings.